The van der Waals surface area contributed by atoms with Crippen molar-refractivity contribution in [3.8, 4) is 0 Å². The lowest BCUT2D eigenvalue weighted by Gasteiger charge is -2.13. The van der Waals surface area contributed by atoms with Crippen molar-refractivity contribution in [2.75, 3.05) is 6.54 Å². The first-order valence-electron chi connectivity index (χ1n) is 7.12. The van der Waals surface area contributed by atoms with E-state index in [9.17, 15) is 4.39 Å². The number of hydrogen-bond donors (Lipinski definition) is 1. The maximum absolute atomic E-state index is 12.8. The van der Waals surface area contributed by atoms with Crippen LogP contribution in [0.15, 0.2) is 48.7 Å². The number of aryl methyl sites for hydroxylation is 1. The van der Waals surface area contributed by atoms with E-state index in [0.29, 0.717) is 6.04 Å². The molecule has 0 aliphatic rings. The maximum atomic E-state index is 12.8. The van der Waals surface area contributed by atoms with E-state index in [1.807, 2.05) is 30.5 Å². The molecule has 2 rings (SSSR count). The molecule has 3 heteroatoms. The van der Waals surface area contributed by atoms with Crippen LogP contribution in [0.1, 0.15) is 24.6 Å². The molecule has 1 N–H and O–H groups in total. The van der Waals surface area contributed by atoms with Gasteiger partial charge in [-0.25, -0.2) is 4.39 Å². The first kappa shape index (κ1) is 14.7. The molecule has 0 amide bonds. The summed E-state index contributed by atoms with van der Waals surface area (Å²) in [7, 11) is 0. The van der Waals surface area contributed by atoms with Crippen molar-refractivity contribution in [2.24, 2.45) is 0 Å². The molecule has 0 aliphatic carbocycles. The molecule has 0 bridgehead atoms. The molecule has 2 aromatic rings. The summed E-state index contributed by atoms with van der Waals surface area (Å²) >= 11 is 0. The number of rotatable bonds is 7. The molecule has 0 aliphatic heterocycles. The molecule has 1 atom stereocenters. The normalized spacial score (nSPS) is 12.3. The average Bonchev–Trinajstić information content (AvgIpc) is 2.47. The van der Waals surface area contributed by atoms with Gasteiger partial charge in [0.1, 0.15) is 5.82 Å². The number of nitrogens with one attached hydrogen (secondary N) is 1. The molecule has 1 aromatic carbocycles. The fourth-order valence-electron chi connectivity index (χ4n) is 2.21. The molecule has 0 fully saturated rings. The minimum atomic E-state index is -0.176. The van der Waals surface area contributed by atoms with Crippen LogP contribution in [0.2, 0.25) is 0 Å². The zero-order chi connectivity index (χ0) is 14.2. The van der Waals surface area contributed by atoms with E-state index in [4.69, 9.17) is 0 Å². The predicted octanol–water partition coefficient (Wildman–Crippen LogP) is 3.37. The van der Waals surface area contributed by atoms with Gasteiger partial charge in [0.2, 0.25) is 0 Å². The standard InChI is InChI=1S/C17H21FN2/c1-14(13-15-7-9-16(18)10-8-15)19-12-4-6-17-5-2-3-11-20-17/h2-3,5,7-11,14,19H,4,6,12-13H2,1H3. The van der Waals surface area contributed by atoms with Gasteiger partial charge in [0.15, 0.2) is 0 Å². The fourth-order valence-corrected chi connectivity index (χ4v) is 2.21. The minimum Gasteiger partial charge on any atom is -0.314 e. The van der Waals surface area contributed by atoms with Gasteiger partial charge >= 0.3 is 0 Å². The first-order chi connectivity index (χ1) is 9.74. The van der Waals surface area contributed by atoms with Gasteiger partial charge in [-0.1, -0.05) is 18.2 Å². The largest absolute Gasteiger partial charge is 0.314 e. The van der Waals surface area contributed by atoms with Gasteiger partial charge in [-0.2, -0.15) is 0 Å². The summed E-state index contributed by atoms with van der Waals surface area (Å²) in [5, 5.41) is 3.49. The van der Waals surface area contributed by atoms with Crippen LogP contribution in [-0.4, -0.2) is 17.6 Å². The number of benzene rings is 1. The van der Waals surface area contributed by atoms with Gasteiger partial charge in [0, 0.05) is 17.9 Å². The first-order valence-corrected chi connectivity index (χ1v) is 7.12. The number of hydrogen-bond acceptors (Lipinski definition) is 2. The lowest BCUT2D eigenvalue weighted by molar-refractivity contribution is 0.532. The Hall–Kier alpha value is -1.74. The maximum Gasteiger partial charge on any atom is 0.123 e. The van der Waals surface area contributed by atoms with Gasteiger partial charge in [0.05, 0.1) is 0 Å². The van der Waals surface area contributed by atoms with E-state index in [0.717, 1.165) is 37.1 Å². The van der Waals surface area contributed by atoms with E-state index < -0.39 is 0 Å². The molecular weight excluding hydrogens is 251 g/mol. The summed E-state index contributed by atoms with van der Waals surface area (Å²) in [6.07, 6.45) is 4.83. The Morgan fingerprint density at radius 3 is 2.65 bits per heavy atom. The average molecular weight is 272 g/mol. The summed E-state index contributed by atoms with van der Waals surface area (Å²) in [6, 6.07) is 13.1. The van der Waals surface area contributed by atoms with E-state index in [1.165, 1.54) is 12.1 Å². The highest BCUT2D eigenvalue weighted by Crippen LogP contribution is 2.06. The van der Waals surface area contributed by atoms with E-state index in [1.54, 1.807) is 0 Å². The summed E-state index contributed by atoms with van der Waals surface area (Å²) in [5.41, 5.74) is 2.30. The van der Waals surface area contributed by atoms with Crippen molar-refractivity contribution in [2.45, 2.75) is 32.2 Å². The quantitative estimate of drug-likeness (QED) is 0.782. The van der Waals surface area contributed by atoms with Crippen molar-refractivity contribution >= 4 is 0 Å². The van der Waals surface area contributed by atoms with E-state index in [2.05, 4.69) is 23.3 Å². The second-order valence-electron chi connectivity index (χ2n) is 5.11. The second-order valence-corrected chi connectivity index (χ2v) is 5.11. The van der Waals surface area contributed by atoms with Crippen LogP contribution in [0.25, 0.3) is 0 Å². The Morgan fingerprint density at radius 1 is 1.15 bits per heavy atom. The van der Waals surface area contributed by atoms with Crippen LogP contribution in [-0.2, 0) is 12.8 Å². The van der Waals surface area contributed by atoms with Crippen molar-refractivity contribution in [1.82, 2.24) is 10.3 Å². The summed E-state index contributed by atoms with van der Waals surface area (Å²) in [5.74, 6) is -0.176. The molecule has 2 nitrogen and oxygen atoms in total. The van der Waals surface area contributed by atoms with Gasteiger partial charge < -0.3 is 5.32 Å². The third-order valence-corrected chi connectivity index (χ3v) is 3.28. The Bertz CT molecular complexity index is 496. The highest BCUT2D eigenvalue weighted by Gasteiger charge is 2.03. The van der Waals surface area contributed by atoms with Gasteiger partial charge in [-0.05, 0) is 62.6 Å². The molecule has 0 saturated heterocycles. The van der Waals surface area contributed by atoms with Gasteiger partial charge in [-0.15, -0.1) is 0 Å². The van der Waals surface area contributed by atoms with Crippen LogP contribution in [0, 0.1) is 5.82 Å². The lowest BCUT2D eigenvalue weighted by atomic mass is 10.1. The highest BCUT2D eigenvalue weighted by atomic mass is 19.1. The van der Waals surface area contributed by atoms with Crippen LogP contribution < -0.4 is 5.32 Å². The van der Waals surface area contributed by atoms with E-state index >= 15 is 0 Å². The zero-order valence-corrected chi connectivity index (χ0v) is 11.8. The van der Waals surface area contributed by atoms with Gasteiger partial charge in [0.25, 0.3) is 0 Å². The summed E-state index contributed by atoms with van der Waals surface area (Å²) in [4.78, 5) is 4.31. The van der Waals surface area contributed by atoms with E-state index in [-0.39, 0.29) is 5.82 Å². The molecule has 1 heterocycles. The fraction of sp³-hybridized carbons (Fsp3) is 0.353. The summed E-state index contributed by atoms with van der Waals surface area (Å²) < 4.78 is 12.8. The molecule has 1 unspecified atom stereocenters. The van der Waals surface area contributed by atoms with Crippen molar-refractivity contribution in [3.63, 3.8) is 0 Å². The Kier molecular flexibility index (Phi) is 5.69. The van der Waals surface area contributed by atoms with Crippen molar-refractivity contribution < 1.29 is 4.39 Å². The van der Waals surface area contributed by atoms with Gasteiger partial charge in [-0.3, -0.25) is 4.98 Å². The van der Waals surface area contributed by atoms with Crippen molar-refractivity contribution in [1.29, 1.82) is 0 Å². The molecule has 0 spiro atoms. The highest BCUT2D eigenvalue weighted by molar-refractivity contribution is 5.17. The Morgan fingerprint density at radius 2 is 1.95 bits per heavy atom. The molecule has 20 heavy (non-hydrogen) atoms. The van der Waals surface area contributed by atoms with Crippen molar-refractivity contribution in [3.05, 3.63) is 65.7 Å². The molecule has 106 valence electrons. The van der Waals surface area contributed by atoms with Crippen LogP contribution in [0.3, 0.4) is 0 Å². The predicted molar refractivity (Wildman–Crippen MR) is 80.1 cm³/mol. The molecule has 0 saturated carbocycles. The SMILES string of the molecule is CC(Cc1ccc(F)cc1)NCCCc1ccccn1. The number of nitrogens with zero attached hydrogens (tertiary/aromatic N) is 1. The topological polar surface area (TPSA) is 24.9 Å². The smallest absolute Gasteiger partial charge is 0.123 e. The van der Waals surface area contributed by atoms with Crippen LogP contribution in [0.4, 0.5) is 4.39 Å². The lowest BCUT2D eigenvalue weighted by Crippen LogP contribution is -2.29. The minimum absolute atomic E-state index is 0.176. The van der Waals surface area contributed by atoms with Crippen LogP contribution >= 0.6 is 0 Å². The number of aromatic nitrogens is 1. The Labute approximate surface area is 120 Å². The van der Waals surface area contributed by atoms with Crippen LogP contribution in [0.5, 0.6) is 0 Å². The zero-order valence-electron chi connectivity index (χ0n) is 11.8. The molecule has 1 aromatic heterocycles. The Balaban J connectivity index is 1.65. The summed E-state index contributed by atoms with van der Waals surface area (Å²) in [6.45, 7) is 3.13. The third-order valence-electron chi connectivity index (χ3n) is 3.28. The number of pyridine rings is 1. The monoisotopic (exact) mass is 272 g/mol. The molecular formula is C17H21FN2. The number of halogens is 1. The molecule has 0 radical (unpaired) electrons. The second kappa shape index (κ2) is 7.75. The third kappa shape index (κ3) is 5.10.